The molecule has 1 aliphatic rings. The van der Waals surface area contributed by atoms with Gasteiger partial charge in [-0.15, -0.1) is 0 Å². The van der Waals surface area contributed by atoms with E-state index in [1.807, 2.05) is 23.1 Å². The molecule has 0 amide bonds. The van der Waals surface area contributed by atoms with Crippen molar-refractivity contribution >= 4 is 48.2 Å². The molecule has 0 atom stereocenters. The molecule has 2 aromatic carbocycles. The summed E-state index contributed by atoms with van der Waals surface area (Å²) in [4.78, 5) is 0. The highest BCUT2D eigenvalue weighted by atomic mass is 32.2. The van der Waals surface area contributed by atoms with Crippen LogP contribution in [0.2, 0.25) is 0 Å². The summed E-state index contributed by atoms with van der Waals surface area (Å²) in [6.07, 6.45) is 2.45. The van der Waals surface area contributed by atoms with Gasteiger partial charge >= 0.3 is 5.51 Å². The molecule has 0 bridgehead atoms. The smallest absolute Gasteiger partial charge is 0.485 e. The van der Waals surface area contributed by atoms with Crippen LogP contribution in [-0.4, -0.2) is 34.2 Å². The quantitative estimate of drug-likeness (QED) is 0.316. The van der Waals surface area contributed by atoms with E-state index in [1.165, 1.54) is 44.0 Å². The van der Waals surface area contributed by atoms with E-state index in [2.05, 4.69) is 43.3 Å². The topological polar surface area (TPSA) is 57.2 Å². The zero-order valence-electron chi connectivity index (χ0n) is 13.9. The van der Waals surface area contributed by atoms with Gasteiger partial charge in [0.2, 0.25) is 0 Å². The highest BCUT2D eigenvalue weighted by Gasteiger charge is 2.36. The Balaban J connectivity index is 0.000000260. The van der Waals surface area contributed by atoms with Crippen molar-refractivity contribution < 1.29 is 26.1 Å². The van der Waals surface area contributed by atoms with Gasteiger partial charge in [-0.2, -0.15) is 13.2 Å². The number of aryl methyl sites for hydroxylation is 1. The van der Waals surface area contributed by atoms with Crippen molar-refractivity contribution in [2.45, 2.75) is 25.3 Å². The van der Waals surface area contributed by atoms with Crippen LogP contribution >= 0.6 is 11.8 Å². The predicted octanol–water partition coefficient (Wildman–Crippen LogP) is 4.15. The lowest BCUT2D eigenvalue weighted by Crippen LogP contribution is -2.21. The first-order valence-corrected chi connectivity index (χ1v) is 11.2. The summed E-state index contributed by atoms with van der Waals surface area (Å²) < 4.78 is 60.4. The summed E-state index contributed by atoms with van der Waals surface area (Å²) in [5.74, 6) is 2.55. The molecule has 0 fully saturated rings. The molecular weight excluding hydrogens is 405 g/mol. The third-order valence-electron chi connectivity index (χ3n) is 3.59. The molecule has 0 saturated carbocycles. The predicted molar refractivity (Wildman–Crippen MR) is 102 cm³/mol. The minimum absolute atomic E-state index is 1.11. The number of fused-ring (bicyclic) bond motifs is 1. The van der Waals surface area contributed by atoms with Gasteiger partial charge in [-0.3, -0.25) is 0 Å². The lowest BCUT2D eigenvalue weighted by atomic mass is 10.0. The summed E-state index contributed by atoms with van der Waals surface area (Å²) in [5.41, 5.74) is -2.82. The zero-order valence-corrected chi connectivity index (χ0v) is 16.3. The summed E-state index contributed by atoms with van der Waals surface area (Å²) in [6, 6.07) is 13.7. The van der Waals surface area contributed by atoms with Gasteiger partial charge in [0.1, 0.15) is 0 Å². The lowest BCUT2D eigenvalue weighted by Gasteiger charge is -2.08. The van der Waals surface area contributed by atoms with Crippen LogP contribution < -0.4 is 0 Å². The van der Waals surface area contributed by atoms with Gasteiger partial charge in [-0.25, -0.2) is 8.42 Å². The van der Waals surface area contributed by atoms with E-state index in [4.69, 9.17) is 13.0 Å². The Labute approximate surface area is 158 Å². The molecule has 0 unspecified atom stereocenters. The van der Waals surface area contributed by atoms with Gasteiger partial charge in [0, 0.05) is 17.7 Å². The maximum Gasteiger partial charge on any atom is 0.485 e. The second kappa shape index (κ2) is 8.69. The molecule has 3 rings (SSSR count). The van der Waals surface area contributed by atoms with E-state index in [0.29, 0.717) is 0 Å². The maximum absolute atomic E-state index is 10.7. The Morgan fingerprint density at radius 3 is 2.31 bits per heavy atom. The number of hydrogen-bond acceptors (Lipinski definition) is 4. The van der Waals surface area contributed by atoms with Crippen molar-refractivity contribution in [2.75, 3.05) is 11.5 Å². The summed E-state index contributed by atoms with van der Waals surface area (Å²) in [6.45, 7) is 2.21. The van der Waals surface area contributed by atoms with Crippen LogP contribution in [-0.2, 0) is 27.9 Å². The van der Waals surface area contributed by atoms with Crippen LogP contribution in [0.25, 0.3) is 10.8 Å². The van der Waals surface area contributed by atoms with Crippen molar-refractivity contribution in [2.24, 2.45) is 0 Å². The normalized spacial score (nSPS) is 15.2. The second-order valence-corrected chi connectivity index (χ2v) is 9.33. The van der Waals surface area contributed by atoms with Crippen LogP contribution in [0.5, 0.6) is 0 Å². The molecule has 2 aromatic rings. The van der Waals surface area contributed by atoms with Crippen molar-refractivity contribution in [3.63, 3.8) is 0 Å². The van der Waals surface area contributed by atoms with Crippen LogP contribution in [0.4, 0.5) is 13.2 Å². The Morgan fingerprint density at radius 2 is 1.77 bits per heavy atom. The van der Waals surface area contributed by atoms with Gasteiger partial charge < -0.3 is 4.55 Å². The van der Waals surface area contributed by atoms with E-state index in [1.54, 1.807) is 0 Å². The Morgan fingerprint density at radius 1 is 1.15 bits per heavy atom. The van der Waals surface area contributed by atoms with Gasteiger partial charge in [-0.05, 0) is 34.9 Å². The van der Waals surface area contributed by atoms with Gasteiger partial charge in [0.25, 0.3) is 4.20 Å². The van der Waals surface area contributed by atoms with Crippen molar-refractivity contribution in [3.8, 4) is 0 Å². The van der Waals surface area contributed by atoms with E-state index >= 15 is 0 Å². The summed E-state index contributed by atoms with van der Waals surface area (Å²) in [7, 11) is -6.09. The minimum Gasteiger partial charge on any atom is -0.741 e. The molecule has 0 aromatic heterocycles. The number of benzene rings is 2. The number of thioether (sulfide) groups is 1. The minimum atomic E-state index is -6.09. The first kappa shape index (κ1) is 21.1. The Bertz CT molecular complexity index is 906. The third kappa shape index (κ3) is 5.67. The summed E-state index contributed by atoms with van der Waals surface area (Å²) in [5, 5.41) is 2.73. The number of alkyl halides is 3. The maximum atomic E-state index is 10.7. The average molecular weight is 423 g/mol. The lowest BCUT2D eigenvalue weighted by molar-refractivity contribution is -0.0517. The largest absolute Gasteiger partial charge is 0.741 e. The van der Waals surface area contributed by atoms with Crippen LogP contribution in [0, 0.1) is 0 Å². The Hall–Kier alpha value is -1.16. The molecule has 0 spiro atoms. The van der Waals surface area contributed by atoms with Crippen molar-refractivity contribution in [1.29, 1.82) is 0 Å². The molecule has 0 aliphatic carbocycles. The fourth-order valence-corrected chi connectivity index (χ4v) is 4.79. The highest BCUT2D eigenvalue weighted by Crippen LogP contribution is 2.23. The van der Waals surface area contributed by atoms with E-state index < -0.39 is 15.6 Å². The van der Waals surface area contributed by atoms with E-state index in [0.717, 1.165) is 6.42 Å². The molecular formula is C17H17F3O3S3. The van der Waals surface area contributed by atoms with E-state index in [-0.39, 0.29) is 0 Å². The zero-order chi connectivity index (χ0) is 19.4. The van der Waals surface area contributed by atoms with Crippen LogP contribution in [0.15, 0.2) is 36.4 Å². The average Bonchev–Trinajstić information content (AvgIpc) is 2.60. The molecule has 0 saturated heterocycles. The first-order chi connectivity index (χ1) is 12.1. The standard InChI is InChI=1S/C16H17S2.CHF3O3S/c1-2-12-4-5-14-11-15(7-6-13(14)10-12)16-17-8-3-9-18-16;2-1(3,4)8(5,6)7/h4-7,10-11H,2-3,8-9H2,1H3;(H,5,6,7)/q+1;/p-1. The molecule has 0 N–H and O–H groups in total. The van der Waals surface area contributed by atoms with Gasteiger partial charge in [-0.1, -0.05) is 43.0 Å². The van der Waals surface area contributed by atoms with Gasteiger partial charge in [0.15, 0.2) is 27.2 Å². The van der Waals surface area contributed by atoms with Crippen molar-refractivity contribution in [3.05, 3.63) is 47.5 Å². The molecule has 3 nitrogen and oxygen atoms in total. The monoisotopic (exact) mass is 422 g/mol. The molecule has 0 radical (unpaired) electrons. The van der Waals surface area contributed by atoms with Crippen LogP contribution in [0.3, 0.4) is 0 Å². The molecule has 1 heterocycles. The second-order valence-electron chi connectivity index (χ2n) is 5.49. The number of hydrogen-bond donors (Lipinski definition) is 0. The molecule has 1 aliphatic heterocycles. The van der Waals surface area contributed by atoms with Crippen molar-refractivity contribution in [1.82, 2.24) is 0 Å². The Kier molecular flexibility index (Phi) is 7.06. The fraction of sp³-hybridized carbons (Fsp3) is 0.353. The SMILES string of the molecule is CCc1ccc2cc(C3=[S+]CCCS3)ccc2c1.O=S(=O)([O-])C(F)(F)F. The fourth-order valence-electron chi connectivity index (χ4n) is 2.24. The summed E-state index contributed by atoms with van der Waals surface area (Å²) >= 11 is 4.02. The first-order valence-electron chi connectivity index (χ1n) is 7.79. The number of halogens is 3. The van der Waals surface area contributed by atoms with E-state index in [9.17, 15) is 13.2 Å². The van der Waals surface area contributed by atoms with Gasteiger partial charge in [0.05, 0.1) is 0 Å². The van der Waals surface area contributed by atoms with Crippen LogP contribution in [0.1, 0.15) is 24.5 Å². The molecule has 9 heteroatoms. The molecule has 142 valence electrons. The number of rotatable bonds is 2. The highest BCUT2D eigenvalue weighted by molar-refractivity contribution is 8.23. The molecule has 26 heavy (non-hydrogen) atoms. The third-order valence-corrected chi connectivity index (χ3v) is 6.84.